The number of hydrogen-bond donors (Lipinski definition) is 1. The Balaban J connectivity index is 3.04. The fraction of sp³-hybridized carbons (Fsp3) is 0.385. The third-order valence-corrected chi connectivity index (χ3v) is 3.07. The number of methoxy groups -OCH3 is 1. The molecule has 4 nitrogen and oxygen atoms in total. The largest absolute Gasteiger partial charge is 0.474 e. The van der Waals surface area contributed by atoms with E-state index in [1.165, 1.54) is 7.11 Å². The summed E-state index contributed by atoms with van der Waals surface area (Å²) in [4.78, 5) is 0. The van der Waals surface area contributed by atoms with Crippen molar-refractivity contribution in [3.05, 3.63) is 46.3 Å². The lowest BCUT2D eigenvalue weighted by Gasteiger charge is -2.26. The van der Waals surface area contributed by atoms with Crippen molar-refractivity contribution in [2.24, 2.45) is 5.73 Å². The summed E-state index contributed by atoms with van der Waals surface area (Å²) in [7, 11) is 1.53. The molecule has 0 unspecified atom stereocenters. The normalized spacial score (nSPS) is 13.9. The molecule has 0 aliphatic heterocycles. The van der Waals surface area contributed by atoms with E-state index in [-0.39, 0.29) is 12.7 Å². The second-order valence-electron chi connectivity index (χ2n) is 3.92. The summed E-state index contributed by atoms with van der Waals surface area (Å²) >= 11 is 12.3. The van der Waals surface area contributed by atoms with Crippen molar-refractivity contribution in [3.8, 4) is 0 Å². The number of rotatable bonds is 7. The van der Waals surface area contributed by atoms with Crippen molar-refractivity contribution in [1.29, 1.82) is 0 Å². The second-order valence-corrected chi connectivity index (χ2v) is 4.73. The molecular weight excluding hydrogens is 289 g/mol. The summed E-state index contributed by atoms with van der Waals surface area (Å²) in [6.07, 6.45) is -0.925. The van der Waals surface area contributed by atoms with E-state index in [4.69, 9.17) is 43.1 Å². The van der Waals surface area contributed by atoms with E-state index in [2.05, 4.69) is 6.58 Å². The molecule has 2 N–H and O–H groups in total. The van der Waals surface area contributed by atoms with Crippen molar-refractivity contribution in [2.75, 3.05) is 13.9 Å². The van der Waals surface area contributed by atoms with Gasteiger partial charge in [-0.3, -0.25) is 0 Å². The molecule has 0 aliphatic carbocycles. The van der Waals surface area contributed by atoms with Crippen LogP contribution in [0.2, 0.25) is 10.0 Å². The molecule has 0 heterocycles. The molecule has 0 saturated carbocycles. The van der Waals surface area contributed by atoms with Gasteiger partial charge < -0.3 is 19.9 Å². The molecule has 6 heteroatoms. The van der Waals surface area contributed by atoms with E-state index in [0.717, 1.165) is 0 Å². The van der Waals surface area contributed by atoms with E-state index < -0.39 is 12.2 Å². The summed E-state index contributed by atoms with van der Waals surface area (Å²) in [6.45, 7) is 5.37. The molecule has 0 bridgehead atoms. The zero-order valence-electron chi connectivity index (χ0n) is 10.9. The van der Waals surface area contributed by atoms with Gasteiger partial charge in [0.1, 0.15) is 19.0 Å². The first-order valence-corrected chi connectivity index (χ1v) is 6.38. The fourth-order valence-electron chi connectivity index (χ4n) is 1.68. The minimum Gasteiger partial charge on any atom is -0.474 e. The Morgan fingerprint density at radius 3 is 2.42 bits per heavy atom. The van der Waals surface area contributed by atoms with Crippen LogP contribution in [0.3, 0.4) is 0 Å². The standard InChI is InChI=1S/C13H17Cl2NO3/c1-8(19-9(2)16)13(18-7-17-3)12-10(14)5-4-6-11(12)15/h4-6,8,13H,2,7,16H2,1,3H3/t8-,13+/m1/s1. The minimum atomic E-state index is -0.513. The van der Waals surface area contributed by atoms with Crippen LogP contribution in [-0.4, -0.2) is 20.0 Å². The van der Waals surface area contributed by atoms with Crippen LogP contribution in [0.5, 0.6) is 0 Å². The third-order valence-electron chi connectivity index (χ3n) is 2.41. The SMILES string of the molecule is C=C(N)O[C@H](C)[C@H](OCOC)c1c(Cl)cccc1Cl. The molecule has 19 heavy (non-hydrogen) atoms. The summed E-state index contributed by atoms with van der Waals surface area (Å²) < 4.78 is 15.9. The average Bonchev–Trinajstić information content (AvgIpc) is 2.31. The van der Waals surface area contributed by atoms with Crippen LogP contribution in [0.1, 0.15) is 18.6 Å². The third kappa shape index (κ3) is 4.58. The van der Waals surface area contributed by atoms with Gasteiger partial charge in [0, 0.05) is 22.7 Å². The molecule has 0 amide bonds. The Morgan fingerprint density at radius 1 is 1.37 bits per heavy atom. The Labute approximate surface area is 123 Å². The predicted octanol–water partition coefficient (Wildman–Crippen LogP) is 3.49. The number of benzene rings is 1. The van der Waals surface area contributed by atoms with Gasteiger partial charge in [0.05, 0.1) is 0 Å². The molecule has 1 aromatic carbocycles. The van der Waals surface area contributed by atoms with Gasteiger partial charge in [-0.1, -0.05) is 29.3 Å². The van der Waals surface area contributed by atoms with Crippen LogP contribution in [0, 0.1) is 0 Å². The van der Waals surface area contributed by atoms with Gasteiger partial charge in [0.15, 0.2) is 5.88 Å². The monoisotopic (exact) mass is 305 g/mol. The van der Waals surface area contributed by atoms with E-state index in [0.29, 0.717) is 15.6 Å². The minimum absolute atomic E-state index is 0.0803. The van der Waals surface area contributed by atoms with Crippen molar-refractivity contribution in [1.82, 2.24) is 0 Å². The second kappa shape index (κ2) is 7.60. The van der Waals surface area contributed by atoms with Gasteiger partial charge in [-0.05, 0) is 25.6 Å². The molecule has 1 aromatic rings. The smallest absolute Gasteiger partial charge is 0.177 e. The first-order valence-electron chi connectivity index (χ1n) is 5.62. The summed E-state index contributed by atoms with van der Waals surface area (Å²) in [6, 6.07) is 5.22. The number of hydrogen-bond acceptors (Lipinski definition) is 4. The number of nitrogens with two attached hydrogens (primary N) is 1. The highest BCUT2D eigenvalue weighted by atomic mass is 35.5. The molecular formula is C13H17Cl2NO3. The number of halogens is 2. The van der Waals surface area contributed by atoms with E-state index >= 15 is 0 Å². The highest BCUT2D eigenvalue weighted by Gasteiger charge is 2.26. The lowest BCUT2D eigenvalue weighted by molar-refractivity contribution is -0.116. The first kappa shape index (κ1) is 16.1. The fourth-order valence-corrected chi connectivity index (χ4v) is 2.29. The van der Waals surface area contributed by atoms with Gasteiger partial charge in [0.25, 0.3) is 0 Å². The molecule has 0 saturated heterocycles. The molecule has 0 fully saturated rings. The van der Waals surface area contributed by atoms with Crippen molar-refractivity contribution in [3.63, 3.8) is 0 Å². The molecule has 0 radical (unpaired) electrons. The summed E-state index contributed by atoms with van der Waals surface area (Å²) in [5.74, 6) is 0.0988. The Bertz CT molecular complexity index is 420. The zero-order chi connectivity index (χ0) is 14.4. The van der Waals surface area contributed by atoms with Crippen molar-refractivity contribution >= 4 is 23.2 Å². The van der Waals surface area contributed by atoms with Gasteiger partial charge in [0.2, 0.25) is 0 Å². The lowest BCUT2D eigenvalue weighted by atomic mass is 10.0. The van der Waals surface area contributed by atoms with Gasteiger partial charge in [-0.2, -0.15) is 0 Å². The van der Waals surface area contributed by atoms with Crippen molar-refractivity contribution in [2.45, 2.75) is 19.1 Å². The van der Waals surface area contributed by atoms with Crippen LogP contribution in [0.4, 0.5) is 0 Å². The molecule has 2 atom stereocenters. The van der Waals surface area contributed by atoms with E-state index in [9.17, 15) is 0 Å². The topological polar surface area (TPSA) is 53.7 Å². The molecule has 0 spiro atoms. The maximum absolute atomic E-state index is 6.17. The molecule has 0 aliphatic rings. The number of ether oxygens (including phenoxy) is 3. The zero-order valence-corrected chi connectivity index (χ0v) is 12.4. The maximum atomic E-state index is 6.17. The molecule has 1 rings (SSSR count). The molecule has 106 valence electrons. The van der Waals surface area contributed by atoms with Crippen LogP contribution in [-0.2, 0) is 14.2 Å². The maximum Gasteiger partial charge on any atom is 0.177 e. The lowest BCUT2D eigenvalue weighted by Crippen LogP contribution is -2.24. The van der Waals surface area contributed by atoms with Gasteiger partial charge >= 0.3 is 0 Å². The highest BCUT2D eigenvalue weighted by Crippen LogP contribution is 2.35. The predicted molar refractivity (Wildman–Crippen MR) is 76.0 cm³/mol. The van der Waals surface area contributed by atoms with Crippen LogP contribution in [0.15, 0.2) is 30.7 Å². The Hall–Kier alpha value is -0.940. The Morgan fingerprint density at radius 2 is 1.95 bits per heavy atom. The van der Waals surface area contributed by atoms with E-state index in [1.807, 2.05) is 0 Å². The van der Waals surface area contributed by atoms with Crippen LogP contribution in [0.25, 0.3) is 0 Å². The summed E-state index contributed by atoms with van der Waals surface area (Å²) in [5, 5.41) is 0.985. The Kier molecular flexibility index (Phi) is 6.45. The van der Waals surface area contributed by atoms with Gasteiger partial charge in [-0.15, -0.1) is 0 Å². The van der Waals surface area contributed by atoms with Crippen LogP contribution >= 0.6 is 23.2 Å². The quantitative estimate of drug-likeness (QED) is 0.619. The first-order chi connectivity index (χ1) is 8.97. The highest BCUT2D eigenvalue weighted by molar-refractivity contribution is 6.36. The van der Waals surface area contributed by atoms with Crippen molar-refractivity contribution < 1.29 is 14.2 Å². The van der Waals surface area contributed by atoms with Crippen LogP contribution < -0.4 is 5.73 Å². The molecule has 0 aromatic heterocycles. The summed E-state index contributed by atoms with van der Waals surface area (Å²) in [5.41, 5.74) is 6.08. The van der Waals surface area contributed by atoms with E-state index in [1.54, 1.807) is 25.1 Å². The average molecular weight is 306 g/mol. The van der Waals surface area contributed by atoms with Gasteiger partial charge in [-0.25, -0.2) is 0 Å².